The molecule has 26 heavy (non-hydrogen) atoms. The van der Waals surface area contributed by atoms with E-state index in [1.807, 2.05) is 49.4 Å². The summed E-state index contributed by atoms with van der Waals surface area (Å²) in [6.45, 7) is 1.81. The lowest BCUT2D eigenvalue weighted by Crippen LogP contribution is -2.21. The van der Waals surface area contributed by atoms with E-state index in [0.717, 1.165) is 22.0 Å². The monoisotopic (exact) mass is 380 g/mol. The third-order valence-electron chi connectivity index (χ3n) is 4.30. The van der Waals surface area contributed by atoms with Crippen molar-refractivity contribution in [3.05, 3.63) is 81.8 Å². The van der Waals surface area contributed by atoms with Gasteiger partial charge in [0.15, 0.2) is 0 Å². The molecule has 0 unspecified atom stereocenters. The molecule has 1 amide bonds. The van der Waals surface area contributed by atoms with Gasteiger partial charge >= 0.3 is 0 Å². The van der Waals surface area contributed by atoms with Gasteiger partial charge in [0.05, 0.1) is 17.0 Å². The van der Waals surface area contributed by atoms with Crippen molar-refractivity contribution in [1.82, 2.24) is 0 Å². The molecule has 128 valence electrons. The minimum atomic E-state index is -0.177. The predicted molar refractivity (Wildman–Crippen MR) is 109 cm³/mol. The molecule has 3 nitrogen and oxygen atoms in total. The molecule has 3 aromatic rings. The highest BCUT2D eigenvalue weighted by Crippen LogP contribution is 2.29. The molecular weight excluding hydrogens is 367 g/mol. The van der Waals surface area contributed by atoms with Crippen molar-refractivity contribution in [3.63, 3.8) is 0 Å². The zero-order valence-electron chi connectivity index (χ0n) is 13.9. The fourth-order valence-corrected chi connectivity index (χ4v) is 3.40. The highest BCUT2D eigenvalue weighted by atomic mass is 35.5. The summed E-state index contributed by atoms with van der Waals surface area (Å²) in [6, 6.07) is 19.0. The van der Waals surface area contributed by atoms with Crippen LogP contribution in [0.4, 0.5) is 5.69 Å². The second-order valence-corrected chi connectivity index (χ2v) is 6.90. The second-order valence-electron chi connectivity index (χ2n) is 6.06. The summed E-state index contributed by atoms with van der Waals surface area (Å²) in [7, 11) is 0. The summed E-state index contributed by atoms with van der Waals surface area (Å²) in [5.74, 6) is -0.177. The number of rotatable bonds is 2. The van der Waals surface area contributed by atoms with Gasteiger partial charge in [0.25, 0.3) is 5.91 Å². The van der Waals surface area contributed by atoms with Crippen molar-refractivity contribution in [2.75, 3.05) is 5.01 Å². The topological polar surface area (TPSA) is 32.7 Å². The van der Waals surface area contributed by atoms with Gasteiger partial charge in [0.2, 0.25) is 0 Å². The van der Waals surface area contributed by atoms with Gasteiger partial charge in [-0.1, -0.05) is 59.6 Å². The maximum Gasteiger partial charge on any atom is 0.280 e. The highest BCUT2D eigenvalue weighted by Gasteiger charge is 2.29. The molecule has 0 N–H and O–H groups in total. The fourth-order valence-electron chi connectivity index (χ4n) is 2.94. The van der Waals surface area contributed by atoms with Crippen molar-refractivity contribution in [1.29, 1.82) is 0 Å². The molecule has 1 heterocycles. The van der Waals surface area contributed by atoms with Crippen molar-refractivity contribution in [3.8, 4) is 0 Å². The number of benzene rings is 3. The van der Waals surface area contributed by atoms with Crippen LogP contribution in [-0.4, -0.2) is 11.6 Å². The zero-order valence-corrected chi connectivity index (χ0v) is 15.4. The summed E-state index contributed by atoms with van der Waals surface area (Å²) in [6.07, 6.45) is 1.75. The molecule has 0 saturated heterocycles. The molecule has 5 heteroatoms. The van der Waals surface area contributed by atoms with E-state index in [1.165, 1.54) is 5.01 Å². The molecule has 4 rings (SSSR count). The Morgan fingerprint density at radius 2 is 1.73 bits per heavy atom. The largest absolute Gasteiger partial charge is 0.280 e. The Kier molecular flexibility index (Phi) is 4.27. The normalized spacial score (nSPS) is 15.8. The second kappa shape index (κ2) is 6.60. The van der Waals surface area contributed by atoms with Crippen LogP contribution in [0.25, 0.3) is 16.8 Å². The van der Waals surface area contributed by atoms with Gasteiger partial charge in [-0.25, -0.2) is 0 Å². The molecule has 0 fully saturated rings. The molecule has 0 aromatic heterocycles. The summed E-state index contributed by atoms with van der Waals surface area (Å²) in [5, 5.41) is 9.09. The molecule has 1 aliphatic heterocycles. The molecule has 0 spiro atoms. The van der Waals surface area contributed by atoms with Crippen molar-refractivity contribution >= 4 is 57.4 Å². The van der Waals surface area contributed by atoms with Crippen LogP contribution in [0.15, 0.2) is 71.3 Å². The molecule has 3 aromatic carbocycles. The Morgan fingerprint density at radius 1 is 0.962 bits per heavy atom. The summed E-state index contributed by atoms with van der Waals surface area (Å²) in [5.41, 5.74) is 2.63. The number of hydrazone groups is 1. The van der Waals surface area contributed by atoms with E-state index in [0.29, 0.717) is 21.3 Å². The minimum Gasteiger partial charge on any atom is -0.267 e. The first-order chi connectivity index (χ1) is 12.5. The molecule has 1 aliphatic rings. The summed E-state index contributed by atoms with van der Waals surface area (Å²) >= 11 is 12.2. The number of anilines is 1. The Bertz CT molecular complexity index is 1100. The van der Waals surface area contributed by atoms with E-state index in [4.69, 9.17) is 23.2 Å². The molecule has 0 aliphatic carbocycles. The van der Waals surface area contributed by atoms with Crippen LogP contribution < -0.4 is 5.01 Å². The Balaban J connectivity index is 1.72. The van der Waals surface area contributed by atoms with Crippen molar-refractivity contribution in [2.45, 2.75) is 6.92 Å². The van der Waals surface area contributed by atoms with Crippen LogP contribution in [0.3, 0.4) is 0 Å². The Morgan fingerprint density at radius 3 is 2.50 bits per heavy atom. The maximum atomic E-state index is 12.9. The predicted octanol–water partition coefficient (Wildman–Crippen LogP) is 5.95. The number of fused-ring (bicyclic) bond motifs is 1. The number of halogens is 2. The maximum absolute atomic E-state index is 12.9. The number of hydrogen-bond acceptors (Lipinski definition) is 2. The average Bonchev–Trinajstić information content (AvgIpc) is 2.91. The molecular formula is C21H14Cl2N2O. The van der Waals surface area contributed by atoms with E-state index >= 15 is 0 Å². The quantitative estimate of drug-likeness (QED) is 0.505. The third kappa shape index (κ3) is 3.00. The van der Waals surface area contributed by atoms with Gasteiger partial charge in [-0.05, 0) is 53.6 Å². The summed E-state index contributed by atoms with van der Waals surface area (Å²) in [4.78, 5) is 12.9. The molecule has 0 atom stereocenters. The Hall–Kier alpha value is -2.62. The van der Waals surface area contributed by atoms with Gasteiger partial charge in [-0.2, -0.15) is 10.1 Å². The minimum absolute atomic E-state index is 0.177. The molecule has 0 saturated carbocycles. The van der Waals surface area contributed by atoms with E-state index in [2.05, 4.69) is 5.10 Å². The van der Waals surface area contributed by atoms with Gasteiger partial charge in [0.1, 0.15) is 0 Å². The molecule has 0 bridgehead atoms. The number of amides is 1. The average molecular weight is 381 g/mol. The van der Waals surface area contributed by atoms with Crippen LogP contribution in [0.1, 0.15) is 12.5 Å². The summed E-state index contributed by atoms with van der Waals surface area (Å²) < 4.78 is 0. The van der Waals surface area contributed by atoms with Gasteiger partial charge in [-0.15, -0.1) is 0 Å². The van der Waals surface area contributed by atoms with E-state index in [9.17, 15) is 4.79 Å². The Labute approximate surface area is 161 Å². The van der Waals surface area contributed by atoms with Crippen LogP contribution in [-0.2, 0) is 4.79 Å². The highest BCUT2D eigenvalue weighted by molar-refractivity contribution is 6.37. The number of carbonyl (C=O) groups is 1. The lowest BCUT2D eigenvalue weighted by atomic mass is 10.1. The lowest BCUT2D eigenvalue weighted by molar-refractivity contribution is -0.114. The van der Waals surface area contributed by atoms with Crippen LogP contribution >= 0.6 is 23.2 Å². The standard InChI is InChI=1S/C21H14Cl2N2O/c1-13-19(11-16-6-8-17(22)12-20(16)23)21(26)25(24-13)18-9-7-14-4-2-3-5-15(14)10-18/h2-12H,1H3/b19-11-. The van der Waals surface area contributed by atoms with Gasteiger partial charge in [-0.3, -0.25) is 4.79 Å². The van der Waals surface area contributed by atoms with Gasteiger partial charge < -0.3 is 0 Å². The van der Waals surface area contributed by atoms with Crippen molar-refractivity contribution in [2.24, 2.45) is 5.10 Å². The number of hydrogen-bond donors (Lipinski definition) is 0. The molecule has 0 radical (unpaired) electrons. The van der Waals surface area contributed by atoms with Crippen LogP contribution in [0.5, 0.6) is 0 Å². The first-order valence-corrected chi connectivity index (χ1v) is 8.84. The van der Waals surface area contributed by atoms with E-state index in [1.54, 1.807) is 24.3 Å². The first-order valence-electron chi connectivity index (χ1n) is 8.08. The van der Waals surface area contributed by atoms with Crippen LogP contribution in [0, 0.1) is 0 Å². The zero-order chi connectivity index (χ0) is 18.3. The first kappa shape index (κ1) is 16.8. The number of carbonyl (C=O) groups excluding carboxylic acids is 1. The van der Waals surface area contributed by atoms with Gasteiger partial charge in [0, 0.05) is 10.0 Å². The SMILES string of the molecule is CC1=NN(c2ccc3ccccc3c2)C(=O)/C1=C\c1ccc(Cl)cc1Cl. The van der Waals surface area contributed by atoms with Crippen molar-refractivity contribution < 1.29 is 4.79 Å². The smallest absolute Gasteiger partial charge is 0.267 e. The lowest BCUT2D eigenvalue weighted by Gasteiger charge is -2.12. The van der Waals surface area contributed by atoms with E-state index in [-0.39, 0.29) is 5.91 Å². The van der Waals surface area contributed by atoms with E-state index < -0.39 is 0 Å². The fraction of sp³-hybridized carbons (Fsp3) is 0.0476. The number of nitrogens with zero attached hydrogens (tertiary/aromatic N) is 2. The van der Waals surface area contributed by atoms with Crippen LogP contribution in [0.2, 0.25) is 10.0 Å². The third-order valence-corrected chi connectivity index (χ3v) is 4.86.